The van der Waals surface area contributed by atoms with Crippen LogP contribution in [0.5, 0.6) is 11.5 Å². The molecule has 1 amide bonds. The molecule has 2 bridgehead atoms. The van der Waals surface area contributed by atoms with Gasteiger partial charge in [0, 0.05) is 17.8 Å². The predicted octanol–water partition coefficient (Wildman–Crippen LogP) is 3.70. The van der Waals surface area contributed by atoms with E-state index in [1.165, 1.54) is 23.0 Å². The Balaban J connectivity index is 1.65. The molecule has 2 aliphatic heterocycles. The number of nitrogens with zero attached hydrogens (tertiary/aromatic N) is 3. The predicted molar refractivity (Wildman–Crippen MR) is 127 cm³/mol. The van der Waals surface area contributed by atoms with Crippen LogP contribution in [0, 0.1) is 17.6 Å². The van der Waals surface area contributed by atoms with Crippen molar-refractivity contribution >= 4 is 5.91 Å². The van der Waals surface area contributed by atoms with Gasteiger partial charge >= 0.3 is 0 Å². The van der Waals surface area contributed by atoms with Gasteiger partial charge in [-0.2, -0.15) is 4.39 Å². The van der Waals surface area contributed by atoms with Gasteiger partial charge in [-0.1, -0.05) is 36.4 Å². The lowest BCUT2D eigenvalue weighted by Gasteiger charge is -2.46. The zero-order chi connectivity index (χ0) is 25.0. The smallest absolute Gasteiger partial charge is 0.278 e. The highest BCUT2D eigenvalue weighted by Crippen LogP contribution is 2.42. The Labute approximate surface area is 205 Å². The molecule has 0 unspecified atom stereocenters. The van der Waals surface area contributed by atoms with Gasteiger partial charge in [-0.25, -0.2) is 4.39 Å². The highest BCUT2D eigenvalue weighted by atomic mass is 19.2. The molecule has 1 aliphatic carbocycles. The lowest BCUT2D eigenvalue weighted by Crippen LogP contribution is -2.58. The van der Waals surface area contributed by atoms with Crippen LogP contribution in [0.4, 0.5) is 8.78 Å². The summed E-state index contributed by atoms with van der Waals surface area (Å²) in [5.74, 6) is -3.28. The molecule has 3 heterocycles. The molecule has 0 spiro atoms. The molecule has 9 heteroatoms. The van der Waals surface area contributed by atoms with Gasteiger partial charge in [0.25, 0.3) is 5.91 Å². The standard InChI is InChI=1S/C27H23F2N3O4/c28-19-11-10-18-23(17-5-2-1-3-6-17)32-15-30(27(35)24-25(34)21(33)12-13-31(24)32)20(16-8-9-16)7-4-14-36-26(18)22(19)29/h1-7,10-13,16,20,23,34H,8-9,14-15H2/b7-4+/t20-,23-/m1/s1. The fourth-order valence-corrected chi connectivity index (χ4v) is 5.13. The van der Waals surface area contributed by atoms with Crippen LogP contribution < -0.4 is 15.2 Å². The van der Waals surface area contributed by atoms with Crippen LogP contribution in [0.15, 0.2) is 71.7 Å². The van der Waals surface area contributed by atoms with Crippen LogP contribution >= 0.6 is 0 Å². The number of pyridine rings is 1. The van der Waals surface area contributed by atoms with Crippen molar-refractivity contribution in [2.45, 2.75) is 24.9 Å². The number of benzene rings is 2. The van der Waals surface area contributed by atoms with E-state index >= 15 is 4.39 Å². The summed E-state index contributed by atoms with van der Waals surface area (Å²) in [4.78, 5) is 27.7. The molecule has 1 aromatic heterocycles. The molecule has 1 saturated carbocycles. The molecule has 184 valence electrons. The van der Waals surface area contributed by atoms with Crippen LogP contribution in [0.2, 0.25) is 0 Å². The minimum absolute atomic E-state index is 0.0177. The van der Waals surface area contributed by atoms with Crippen molar-refractivity contribution in [3.05, 3.63) is 106 Å². The summed E-state index contributed by atoms with van der Waals surface area (Å²) in [5, 5.41) is 12.5. The molecule has 1 fully saturated rings. The molecule has 3 aliphatic rings. The number of carbonyl (C=O) groups is 1. The first kappa shape index (κ1) is 22.3. The Bertz CT molecular complexity index is 1430. The average Bonchev–Trinajstić information content (AvgIpc) is 3.72. The highest BCUT2D eigenvalue weighted by molar-refractivity contribution is 5.96. The molecule has 6 rings (SSSR count). The largest absolute Gasteiger partial charge is 0.502 e. The molecule has 7 nitrogen and oxygen atoms in total. The number of aromatic hydroxyl groups is 1. The fraction of sp³-hybridized carbons (Fsp3) is 0.259. The Morgan fingerprint density at radius 3 is 2.53 bits per heavy atom. The zero-order valence-electron chi connectivity index (χ0n) is 19.2. The normalized spacial score (nSPS) is 22.2. The maximum atomic E-state index is 15.1. The van der Waals surface area contributed by atoms with Crippen molar-refractivity contribution in [3.63, 3.8) is 0 Å². The summed E-state index contributed by atoms with van der Waals surface area (Å²) in [6, 6.07) is 11.8. The number of aromatic nitrogens is 1. The summed E-state index contributed by atoms with van der Waals surface area (Å²) >= 11 is 0. The van der Waals surface area contributed by atoms with E-state index in [0.717, 1.165) is 24.5 Å². The van der Waals surface area contributed by atoms with Crippen LogP contribution in [0.3, 0.4) is 0 Å². The first-order valence-corrected chi connectivity index (χ1v) is 11.8. The van der Waals surface area contributed by atoms with Crippen molar-refractivity contribution in [1.29, 1.82) is 0 Å². The quantitative estimate of drug-likeness (QED) is 0.554. The summed E-state index contributed by atoms with van der Waals surface area (Å²) in [7, 11) is 0. The number of halogens is 2. The lowest BCUT2D eigenvalue weighted by atomic mass is 9.96. The van der Waals surface area contributed by atoms with E-state index in [9.17, 15) is 19.1 Å². The molecular weight excluding hydrogens is 468 g/mol. The van der Waals surface area contributed by atoms with E-state index < -0.39 is 34.8 Å². The maximum absolute atomic E-state index is 15.1. The monoisotopic (exact) mass is 491 g/mol. The first-order chi connectivity index (χ1) is 17.5. The summed E-state index contributed by atoms with van der Waals surface area (Å²) in [5.41, 5.74) is 0.226. The summed E-state index contributed by atoms with van der Waals surface area (Å²) < 4.78 is 36.7. The van der Waals surface area contributed by atoms with Crippen LogP contribution in [0.25, 0.3) is 0 Å². The minimum Gasteiger partial charge on any atom is -0.502 e. The Morgan fingerprint density at radius 1 is 1.00 bits per heavy atom. The summed E-state index contributed by atoms with van der Waals surface area (Å²) in [6.07, 6.45) is 6.81. The van der Waals surface area contributed by atoms with E-state index in [1.54, 1.807) is 16.0 Å². The van der Waals surface area contributed by atoms with E-state index in [2.05, 4.69) is 0 Å². The zero-order valence-corrected chi connectivity index (χ0v) is 19.2. The number of hydrogen-bond donors (Lipinski definition) is 1. The van der Waals surface area contributed by atoms with Crippen molar-refractivity contribution in [2.24, 2.45) is 5.92 Å². The number of fused-ring (bicyclic) bond motifs is 5. The lowest BCUT2D eigenvalue weighted by molar-refractivity contribution is 0.0610. The molecule has 3 aromatic rings. The SMILES string of the molecule is O=C1c2c(O)c(=O)ccn2N2CN1[C@@H](C1CC1)/C=C/COc1c(ccc(F)c1F)[C@H]2c1ccccc1. The first-order valence-electron chi connectivity index (χ1n) is 11.8. The maximum Gasteiger partial charge on any atom is 0.278 e. The third kappa shape index (κ3) is 3.54. The molecule has 0 radical (unpaired) electrons. The van der Waals surface area contributed by atoms with Crippen LogP contribution in [-0.4, -0.2) is 39.9 Å². The third-order valence-electron chi connectivity index (χ3n) is 7.00. The van der Waals surface area contributed by atoms with Crippen molar-refractivity contribution in [2.75, 3.05) is 18.3 Å². The number of hydrogen-bond acceptors (Lipinski definition) is 5. The number of carbonyl (C=O) groups excluding carboxylic acids is 1. The van der Waals surface area contributed by atoms with Crippen LogP contribution in [0.1, 0.15) is 40.5 Å². The number of ether oxygens (including phenoxy) is 1. The van der Waals surface area contributed by atoms with Crippen molar-refractivity contribution in [1.82, 2.24) is 9.58 Å². The van der Waals surface area contributed by atoms with Gasteiger partial charge in [-0.15, -0.1) is 0 Å². The van der Waals surface area contributed by atoms with E-state index in [0.29, 0.717) is 5.56 Å². The fourth-order valence-electron chi connectivity index (χ4n) is 5.13. The molecular formula is C27H23F2N3O4. The number of rotatable bonds is 2. The van der Waals surface area contributed by atoms with Crippen molar-refractivity contribution in [3.8, 4) is 11.5 Å². The Kier molecular flexibility index (Phi) is 5.28. The molecule has 2 atom stereocenters. The van der Waals surface area contributed by atoms with Gasteiger partial charge in [-0.3, -0.25) is 19.3 Å². The van der Waals surface area contributed by atoms with Gasteiger partial charge in [0.2, 0.25) is 11.2 Å². The average molecular weight is 491 g/mol. The van der Waals surface area contributed by atoms with Crippen LogP contribution in [-0.2, 0) is 0 Å². The third-order valence-corrected chi connectivity index (χ3v) is 7.00. The van der Waals surface area contributed by atoms with Gasteiger partial charge in [0.15, 0.2) is 23.0 Å². The summed E-state index contributed by atoms with van der Waals surface area (Å²) in [6.45, 7) is 0.0633. The Morgan fingerprint density at radius 2 is 1.78 bits per heavy atom. The molecule has 36 heavy (non-hydrogen) atoms. The van der Waals surface area contributed by atoms with E-state index in [1.807, 2.05) is 36.4 Å². The topological polar surface area (TPSA) is 75.0 Å². The second-order valence-corrected chi connectivity index (χ2v) is 9.24. The van der Waals surface area contributed by atoms with E-state index in [-0.39, 0.29) is 36.7 Å². The van der Waals surface area contributed by atoms with Gasteiger partial charge in [-0.05, 0) is 42.5 Å². The number of amides is 1. The van der Waals surface area contributed by atoms with Crippen molar-refractivity contribution < 1.29 is 23.4 Å². The van der Waals surface area contributed by atoms with Gasteiger partial charge < -0.3 is 14.7 Å². The highest BCUT2D eigenvalue weighted by Gasteiger charge is 2.44. The molecule has 0 saturated heterocycles. The molecule has 2 aromatic carbocycles. The van der Waals surface area contributed by atoms with Gasteiger partial charge in [0.05, 0.1) is 6.04 Å². The Hall–Kier alpha value is -4.14. The second kappa shape index (κ2) is 8.51. The van der Waals surface area contributed by atoms with Gasteiger partial charge in [0.1, 0.15) is 19.3 Å². The molecule has 1 N–H and O–H groups in total. The second-order valence-electron chi connectivity index (χ2n) is 9.24. The van der Waals surface area contributed by atoms with E-state index in [4.69, 9.17) is 4.74 Å². The minimum atomic E-state index is -1.10.